The molecule has 0 bridgehead atoms. The van der Waals surface area contributed by atoms with Crippen molar-refractivity contribution in [2.24, 2.45) is 0 Å². The summed E-state index contributed by atoms with van der Waals surface area (Å²) in [5, 5.41) is 0. The lowest BCUT2D eigenvalue weighted by Crippen LogP contribution is -2.21. The molecule has 4 rings (SSSR count). The molecular weight excluding hydrogens is 488 g/mol. The van der Waals surface area contributed by atoms with Gasteiger partial charge in [-0.2, -0.15) is 0 Å². The van der Waals surface area contributed by atoms with E-state index in [0.717, 1.165) is 16.8 Å². The van der Waals surface area contributed by atoms with Crippen LogP contribution in [0.5, 0.6) is 0 Å². The Morgan fingerprint density at radius 3 is 2.12 bits per heavy atom. The van der Waals surface area contributed by atoms with E-state index < -0.39 is 0 Å². The number of rotatable bonds is 5. The van der Waals surface area contributed by atoms with Crippen molar-refractivity contribution in [2.45, 2.75) is 34.6 Å². The molecule has 0 aliphatic heterocycles. The van der Waals surface area contributed by atoms with E-state index >= 15 is 0 Å². The first-order chi connectivity index (χ1) is 16.2. The number of fused-ring (bicyclic) bond motifs is 1. The minimum Gasteiger partial charge on any atom is -0.316 e. The summed E-state index contributed by atoms with van der Waals surface area (Å²) in [5.41, 5.74) is 3.90. The van der Waals surface area contributed by atoms with Crippen LogP contribution in [0.2, 0.25) is 0 Å². The fraction of sp³-hybridized carbons (Fsp3) is 0.320. The molecule has 0 spiro atoms. The van der Waals surface area contributed by atoms with Gasteiger partial charge in [0.15, 0.2) is 8.73 Å². The number of H-pyrrole nitrogens is 1. The number of aromatic amines is 1. The number of halogens is 1. The van der Waals surface area contributed by atoms with E-state index in [1.54, 1.807) is 0 Å². The zero-order valence-corrected chi connectivity index (χ0v) is 22.5. The first kappa shape index (κ1) is 26.2. The minimum atomic E-state index is -0.376. The monoisotopic (exact) mass is 516 g/mol. The van der Waals surface area contributed by atoms with Crippen molar-refractivity contribution in [3.63, 3.8) is 0 Å². The van der Waals surface area contributed by atoms with E-state index in [9.17, 15) is 9.18 Å². The van der Waals surface area contributed by atoms with Gasteiger partial charge in [-0.25, -0.2) is 4.39 Å². The number of aromatic nitrogens is 3. The van der Waals surface area contributed by atoms with Gasteiger partial charge >= 0.3 is 0 Å². The first-order valence-corrected chi connectivity index (χ1v) is 12.8. The zero-order chi connectivity index (χ0) is 25.0. The summed E-state index contributed by atoms with van der Waals surface area (Å²) in [6, 6.07) is 11.7. The van der Waals surface area contributed by atoms with Gasteiger partial charge in [-0.1, -0.05) is 49.8 Å². The van der Waals surface area contributed by atoms with Gasteiger partial charge in [-0.05, 0) is 93.8 Å². The van der Waals surface area contributed by atoms with E-state index in [0.29, 0.717) is 20.0 Å². The second kappa shape index (κ2) is 11.3. The van der Waals surface area contributed by atoms with Gasteiger partial charge in [-0.15, -0.1) is 0 Å². The third-order valence-corrected chi connectivity index (χ3v) is 7.30. The summed E-state index contributed by atoms with van der Waals surface area (Å²) in [7, 11) is 0. The van der Waals surface area contributed by atoms with E-state index in [2.05, 4.69) is 36.7 Å². The molecule has 0 fully saturated rings. The van der Waals surface area contributed by atoms with Crippen molar-refractivity contribution in [2.75, 3.05) is 19.6 Å². The van der Waals surface area contributed by atoms with E-state index in [1.807, 2.05) is 30.5 Å². The van der Waals surface area contributed by atoms with E-state index in [1.165, 1.54) is 59.8 Å². The van der Waals surface area contributed by atoms with E-state index in [4.69, 9.17) is 24.4 Å². The number of thiazole rings is 1. The number of hydrogen-bond donors (Lipinski definition) is 1. The standard InChI is InChI=1S/C19H14FN3OS3.C6H15N/c1-10-3-8-14(11(2)9-10)23-16-15(27-19(23)26)17(24)22(18(25)21-16)13-6-4-12(20)5-7-13;1-4-7(5-2)6-3/h3-9H,1-2H3,(H,21,25);4-6H2,1-3H3. The molecule has 0 unspecified atom stereocenters. The van der Waals surface area contributed by atoms with Crippen molar-refractivity contribution in [3.05, 3.63) is 78.5 Å². The smallest absolute Gasteiger partial charge is 0.278 e. The summed E-state index contributed by atoms with van der Waals surface area (Å²) in [4.78, 5) is 18.6. The van der Waals surface area contributed by atoms with Crippen LogP contribution in [0.3, 0.4) is 0 Å². The fourth-order valence-corrected chi connectivity index (χ4v) is 5.35. The highest BCUT2D eigenvalue weighted by Crippen LogP contribution is 2.26. The van der Waals surface area contributed by atoms with Crippen molar-refractivity contribution in [1.82, 2.24) is 19.0 Å². The second-order valence-corrected chi connectivity index (χ2v) is 9.87. The molecule has 0 saturated heterocycles. The topological polar surface area (TPSA) is 46.0 Å². The van der Waals surface area contributed by atoms with Gasteiger partial charge in [0.2, 0.25) is 0 Å². The molecule has 2 heterocycles. The second-order valence-electron chi connectivity index (χ2n) is 7.84. The van der Waals surface area contributed by atoms with Gasteiger partial charge in [0.25, 0.3) is 5.56 Å². The average Bonchev–Trinajstić information content (AvgIpc) is 3.13. The van der Waals surface area contributed by atoms with Crippen LogP contribution in [0.25, 0.3) is 21.7 Å². The predicted octanol–water partition coefficient (Wildman–Crippen LogP) is 6.73. The highest BCUT2D eigenvalue weighted by atomic mass is 32.1. The van der Waals surface area contributed by atoms with Gasteiger partial charge < -0.3 is 9.88 Å². The normalized spacial score (nSPS) is 11.0. The average molecular weight is 517 g/mol. The molecule has 5 nitrogen and oxygen atoms in total. The lowest BCUT2D eigenvalue weighted by molar-refractivity contribution is 0.321. The zero-order valence-electron chi connectivity index (χ0n) is 20.0. The molecule has 0 radical (unpaired) electrons. The SMILES string of the molecule is CCN(CC)CC.Cc1ccc(-n2c(=S)sc3c(=O)n(-c4ccc(F)cc4)c(=S)[nH]c32)c(C)c1. The van der Waals surface area contributed by atoms with Crippen LogP contribution < -0.4 is 5.56 Å². The van der Waals surface area contributed by atoms with Crippen molar-refractivity contribution < 1.29 is 4.39 Å². The van der Waals surface area contributed by atoms with Crippen LogP contribution >= 0.6 is 35.8 Å². The maximum atomic E-state index is 13.2. The van der Waals surface area contributed by atoms with Crippen molar-refractivity contribution in [1.29, 1.82) is 0 Å². The Hall–Kier alpha value is -2.46. The van der Waals surface area contributed by atoms with Crippen LogP contribution in [0, 0.1) is 28.4 Å². The third-order valence-electron chi connectivity index (χ3n) is 5.66. The largest absolute Gasteiger partial charge is 0.316 e. The number of benzene rings is 2. The van der Waals surface area contributed by atoms with Gasteiger partial charge in [0.1, 0.15) is 16.2 Å². The quantitative estimate of drug-likeness (QED) is 0.299. The molecule has 0 aliphatic carbocycles. The fourth-order valence-electron chi connectivity index (χ4n) is 3.75. The maximum absolute atomic E-state index is 13.2. The van der Waals surface area contributed by atoms with Crippen LogP contribution in [0.15, 0.2) is 47.3 Å². The third kappa shape index (κ3) is 5.43. The number of hydrogen-bond acceptors (Lipinski definition) is 5. The van der Waals surface area contributed by atoms with Gasteiger partial charge in [0.05, 0.1) is 11.4 Å². The number of nitrogens with one attached hydrogen (secondary N) is 1. The summed E-state index contributed by atoms with van der Waals surface area (Å²) in [5.74, 6) is -0.376. The summed E-state index contributed by atoms with van der Waals surface area (Å²) in [6.45, 7) is 14.2. The van der Waals surface area contributed by atoms with Gasteiger partial charge in [0, 0.05) is 0 Å². The molecule has 4 aromatic rings. The summed E-state index contributed by atoms with van der Waals surface area (Å²) in [6.07, 6.45) is 0. The molecule has 0 atom stereocenters. The Kier molecular flexibility index (Phi) is 8.70. The molecule has 1 N–H and O–H groups in total. The highest BCUT2D eigenvalue weighted by Gasteiger charge is 2.16. The molecule has 0 amide bonds. The Bertz CT molecular complexity index is 1460. The lowest BCUT2D eigenvalue weighted by atomic mass is 10.1. The molecular formula is C25H29FN4OS3. The van der Waals surface area contributed by atoms with Crippen LogP contribution in [-0.2, 0) is 0 Å². The summed E-state index contributed by atoms with van der Waals surface area (Å²) >= 11 is 12.2. The Morgan fingerprint density at radius 1 is 0.971 bits per heavy atom. The minimum absolute atomic E-state index is 0.227. The first-order valence-electron chi connectivity index (χ1n) is 11.2. The molecule has 9 heteroatoms. The molecule has 0 saturated carbocycles. The molecule has 2 aromatic carbocycles. The molecule has 0 aliphatic rings. The van der Waals surface area contributed by atoms with Crippen LogP contribution in [0.4, 0.5) is 4.39 Å². The predicted molar refractivity (Wildman–Crippen MR) is 146 cm³/mol. The van der Waals surface area contributed by atoms with Crippen molar-refractivity contribution in [3.8, 4) is 11.4 Å². The molecule has 2 aromatic heterocycles. The number of nitrogens with zero attached hydrogens (tertiary/aromatic N) is 3. The van der Waals surface area contributed by atoms with Crippen LogP contribution in [0.1, 0.15) is 31.9 Å². The molecule has 180 valence electrons. The maximum Gasteiger partial charge on any atom is 0.278 e. The Morgan fingerprint density at radius 2 is 1.59 bits per heavy atom. The molecule has 34 heavy (non-hydrogen) atoms. The Labute approximate surface area is 213 Å². The van der Waals surface area contributed by atoms with Crippen molar-refractivity contribution >= 4 is 46.1 Å². The van der Waals surface area contributed by atoms with E-state index in [-0.39, 0.29) is 16.1 Å². The lowest BCUT2D eigenvalue weighted by Gasteiger charge is -2.13. The summed E-state index contributed by atoms with van der Waals surface area (Å²) < 4.78 is 17.7. The van der Waals surface area contributed by atoms with Gasteiger partial charge in [-0.3, -0.25) is 13.9 Å². The highest BCUT2D eigenvalue weighted by molar-refractivity contribution is 7.73. The number of aryl methyl sites for hydroxylation is 2. The van der Waals surface area contributed by atoms with Crippen LogP contribution in [-0.4, -0.2) is 38.7 Å². The Balaban J connectivity index is 0.000000406.